The third-order valence-corrected chi connectivity index (χ3v) is 3.08. The number of rotatable bonds is 5. The van der Waals surface area contributed by atoms with Gasteiger partial charge in [-0.2, -0.15) is 0 Å². The van der Waals surface area contributed by atoms with Crippen molar-refractivity contribution in [1.82, 2.24) is 14.9 Å². The SMILES string of the molecule is CC(O)CC(C)NC(=O)c1snnc1C(C)C. The van der Waals surface area contributed by atoms with Gasteiger partial charge in [-0.25, -0.2) is 0 Å². The summed E-state index contributed by atoms with van der Waals surface area (Å²) in [5.41, 5.74) is 0.733. The van der Waals surface area contributed by atoms with E-state index in [1.807, 2.05) is 20.8 Å². The van der Waals surface area contributed by atoms with Gasteiger partial charge in [0.25, 0.3) is 5.91 Å². The Bertz CT molecular complexity index is 377. The van der Waals surface area contributed by atoms with Gasteiger partial charge in [-0.3, -0.25) is 4.79 Å². The molecule has 2 N–H and O–H groups in total. The molecule has 0 bridgehead atoms. The Balaban J connectivity index is 2.67. The minimum absolute atomic E-state index is 0.0652. The predicted molar refractivity (Wildman–Crippen MR) is 67.2 cm³/mol. The summed E-state index contributed by atoms with van der Waals surface area (Å²) in [5, 5.41) is 16.0. The fraction of sp³-hybridized carbons (Fsp3) is 0.727. The summed E-state index contributed by atoms with van der Waals surface area (Å²) in [7, 11) is 0. The highest BCUT2D eigenvalue weighted by atomic mass is 32.1. The number of nitrogens with one attached hydrogen (secondary N) is 1. The molecule has 0 aliphatic heterocycles. The van der Waals surface area contributed by atoms with E-state index in [0.717, 1.165) is 17.2 Å². The number of carbonyl (C=O) groups is 1. The Labute approximate surface area is 105 Å². The van der Waals surface area contributed by atoms with Gasteiger partial charge >= 0.3 is 0 Å². The van der Waals surface area contributed by atoms with Crippen molar-refractivity contribution < 1.29 is 9.90 Å². The van der Waals surface area contributed by atoms with E-state index in [1.165, 1.54) is 0 Å². The first-order valence-corrected chi connectivity index (χ1v) is 6.50. The van der Waals surface area contributed by atoms with Crippen LogP contribution in [0.1, 0.15) is 55.4 Å². The Morgan fingerprint density at radius 3 is 2.59 bits per heavy atom. The van der Waals surface area contributed by atoms with Crippen molar-refractivity contribution in [2.45, 2.75) is 52.2 Å². The molecule has 6 heteroatoms. The van der Waals surface area contributed by atoms with Crippen LogP contribution in [-0.4, -0.2) is 32.7 Å². The van der Waals surface area contributed by atoms with Crippen LogP contribution < -0.4 is 5.32 Å². The van der Waals surface area contributed by atoms with Crippen molar-refractivity contribution in [3.8, 4) is 0 Å². The van der Waals surface area contributed by atoms with Crippen LogP contribution in [0.4, 0.5) is 0 Å². The smallest absolute Gasteiger partial charge is 0.265 e. The number of carbonyl (C=O) groups excluding carboxylic acids is 1. The average Bonchev–Trinajstić information content (AvgIpc) is 2.63. The second-order valence-electron chi connectivity index (χ2n) is 4.60. The summed E-state index contributed by atoms with van der Waals surface area (Å²) in [6, 6.07) is -0.0652. The molecule has 0 saturated heterocycles. The molecule has 0 fully saturated rings. The minimum Gasteiger partial charge on any atom is -0.393 e. The molecule has 5 nitrogen and oxygen atoms in total. The molecule has 1 aromatic heterocycles. The van der Waals surface area contributed by atoms with E-state index in [-0.39, 0.29) is 17.9 Å². The van der Waals surface area contributed by atoms with Gasteiger partial charge in [0.2, 0.25) is 0 Å². The highest BCUT2D eigenvalue weighted by molar-refractivity contribution is 7.08. The molecule has 1 aromatic rings. The minimum atomic E-state index is -0.422. The Morgan fingerprint density at radius 1 is 1.41 bits per heavy atom. The van der Waals surface area contributed by atoms with E-state index in [4.69, 9.17) is 0 Å². The predicted octanol–water partition coefficient (Wildman–Crippen LogP) is 1.55. The fourth-order valence-corrected chi connectivity index (χ4v) is 2.32. The highest BCUT2D eigenvalue weighted by Crippen LogP contribution is 2.19. The van der Waals surface area contributed by atoms with Crippen LogP contribution in [0.5, 0.6) is 0 Å². The zero-order valence-electron chi connectivity index (χ0n) is 10.6. The molecule has 0 radical (unpaired) electrons. The van der Waals surface area contributed by atoms with Gasteiger partial charge in [-0.1, -0.05) is 18.3 Å². The maximum atomic E-state index is 12.0. The molecule has 0 aliphatic carbocycles. The van der Waals surface area contributed by atoms with Crippen molar-refractivity contribution in [1.29, 1.82) is 0 Å². The molecule has 0 aromatic carbocycles. The first-order chi connectivity index (χ1) is 7.91. The number of aromatic nitrogens is 2. The van der Waals surface area contributed by atoms with Gasteiger partial charge in [0.05, 0.1) is 11.8 Å². The van der Waals surface area contributed by atoms with Crippen molar-refractivity contribution in [3.05, 3.63) is 10.6 Å². The van der Waals surface area contributed by atoms with Gasteiger partial charge in [-0.05, 0) is 37.7 Å². The third-order valence-electron chi connectivity index (χ3n) is 2.34. The molecule has 1 heterocycles. The number of amides is 1. The molecule has 2 atom stereocenters. The largest absolute Gasteiger partial charge is 0.393 e. The molecule has 2 unspecified atom stereocenters. The monoisotopic (exact) mass is 257 g/mol. The molecule has 17 heavy (non-hydrogen) atoms. The summed E-state index contributed by atoms with van der Waals surface area (Å²) in [6.07, 6.45) is 0.115. The Kier molecular flexibility index (Phi) is 5.02. The summed E-state index contributed by atoms with van der Waals surface area (Å²) in [6.45, 7) is 7.53. The lowest BCUT2D eigenvalue weighted by Crippen LogP contribution is -2.34. The second kappa shape index (κ2) is 6.07. The first-order valence-electron chi connectivity index (χ1n) is 5.73. The van der Waals surface area contributed by atoms with E-state index in [2.05, 4.69) is 14.9 Å². The second-order valence-corrected chi connectivity index (χ2v) is 5.36. The van der Waals surface area contributed by atoms with E-state index >= 15 is 0 Å². The van der Waals surface area contributed by atoms with Crippen LogP contribution in [0, 0.1) is 0 Å². The van der Waals surface area contributed by atoms with Crippen molar-refractivity contribution in [3.63, 3.8) is 0 Å². The Hall–Kier alpha value is -1.01. The maximum Gasteiger partial charge on any atom is 0.265 e. The molecule has 0 spiro atoms. The average molecular weight is 257 g/mol. The number of aliphatic hydroxyl groups excluding tert-OH is 1. The van der Waals surface area contributed by atoms with Gasteiger partial charge in [0, 0.05) is 6.04 Å². The van der Waals surface area contributed by atoms with E-state index in [9.17, 15) is 9.90 Å². The summed E-state index contributed by atoms with van der Waals surface area (Å²) in [4.78, 5) is 12.5. The van der Waals surface area contributed by atoms with Crippen LogP contribution in [0.3, 0.4) is 0 Å². The summed E-state index contributed by atoms with van der Waals surface area (Å²) in [5.74, 6) is 0.0263. The molecular formula is C11H19N3O2S. The number of hydrogen-bond donors (Lipinski definition) is 2. The van der Waals surface area contributed by atoms with E-state index < -0.39 is 6.10 Å². The fourth-order valence-electron chi connectivity index (χ4n) is 1.59. The molecule has 1 rings (SSSR count). The van der Waals surface area contributed by atoms with Crippen molar-refractivity contribution in [2.75, 3.05) is 0 Å². The van der Waals surface area contributed by atoms with Crippen molar-refractivity contribution in [2.24, 2.45) is 0 Å². The van der Waals surface area contributed by atoms with Crippen LogP contribution >= 0.6 is 11.5 Å². The zero-order valence-corrected chi connectivity index (χ0v) is 11.4. The first kappa shape index (κ1) is 14.1. The van der Waals surface area contributed by atoms with Crippen LogP contribution in [0.2, 0.25) is 0 Å². The van der Waals surface area contributed by atoms with Gasteiger partial charge in [0.15, 0.2) is 0 Å². The number of hydrogen-bond acceptors (Lipinski definition) is 5. The zero-order chi connectivity index (χ0) is 13.0. The van der Waals surface area contributed by atoms with Crippen molar-refractivity contribution >= 4 is 17.4 Å². The normalized spacial score (nSPS) is 14.7. The van der Waals surface area contributed by atoms with E-state index in [1.54, 1.807) is 6.92 Å². The molecule has 1 amide bonds. The topological polar surface area (TPSA) is 75.1 Å². The summed E-state index contributed by atoms with van der Waals surface area (Å²) < 4.78 is 3.81. The third kappa shape index (κ3) is 4.05. The highest BCUT2D eigenvalue weighted by Gasteiger charge is 2.20. The van der Waals surface area contributed by atoms with Gasteiger partial charge in [0.1, 0.15) is 4.88 Å². The van der Waals surface area contributed by atoms with E-state index in [0.29, 0.717) is 11.3 Å². The molecular weight excluding hydrogens is 238 g/mol. The molecule has 0 aliphatic rings. The number of aliphatic hydroxyl groups is 1. The van der Waals surface area contributed by atoms with Crippen LogP contribution in [-0.2, 0) is 0 Å². The Morgan fingerprint density at radius 2 is 2.06 bits per heavy atom. The standard InChI is InChI=1S/C11H19N3O2S/c1-6(2)9-10(17-14-13-9)11(16)12-7(3)5-8(4)15/h6-8,15H,5H2,1-4H3,(H,12,16). The van der Waals surface area contributed by atoms with Gasteiger partial charge in [-0.15, -0.1) is 5.10 Å². The van der Waals surface area contributed by atoms with Crippen LogP contribution in [0.15, 0.2) is 0 Å². The lowest BCUT2D eigenvalue weighted by Gasteiger charge is -2.15. The lowest BCUT2D eigenvalue weighted by molar-refractivity contribution is 0.0925. The molecule has 96 valence electrons. The molecule has 0 saturated carbocycles. The number of nitrogens with zero attached hydrogens (tertiary/aromatic N) is 2. The maximum absolute atomic E-state index is 12.0. The van der Waals surface area contributed by atoms with Gasteiger partial charge < -0.3 is 10.4 Å². The lowest BCUT2D eigenvalue weighted by atomic mass is 10.1. The summed E-state index contributed by atoms with van der Waals surface area (Å²) >= 11 is 1.11. The quantitative estimate of drug-likeness (QED) is 0.839. The van der Waals surface area contributed by atoms with Crippen LogP contribution in [0.25, 0.3) is 0 Å².